The van der Waals surface area contributed by atoms with Gasteiger partial charge < -0.3 is 5.32 Å². The number of aromatic nitrogens is 5. The molecule has 19 heavy (non-hydrogen) atoms. The Morgan fingerprint density at radius 2 is 2.32 bits per heavy atom. The summed E-state index contributed by atoms with van der Waals surface area (Å²) in [5, 5.41) is 24.8. The Bertz CT molecular complexity index is 629. The van der Waals surface area contributed by atoms with Crippen LogP contribution in [0.25, 0.3) is 0 Å². The number of amides is 1. The van der Waals surface area contributed by atoms with Gasteiger partial charge in [-0.3, -0.25) is 4.79 Å². The number of tetrazole rings is 1. The summed E-state index contributed by atoms with van der Waals surface area (Å²) in [6, 6.07) is 4.68. The molecule has 0 saturated carbocycles. The molecule has 8 heteroatoms. The van der Waals surface area contributed by atoms with E-state index in [9.17, 15) is 4.79 Å². The highest BCUT2D eigenvalue weighted by molar-refractivity contribution is 5.92. The first-order valence-corrected chi connectivity index (χ1v) is 5.53. The molecule has 0 aliphatic heterocycles. The summed E-state index contributed by atoms with van der Waals surface area (Å²) in [5.74, 6) is 0.0311. The van der Waals surface area contributed by atoms with E-state index in [1.54, 1.807) is 19.9 Å². The van der Waals surface area contributed by atoms with Gasteiger partial charge >= 0.3 is 0 Å². The molecule has 0 saturated heterocycles. The number of aromatic amines is 1. The maximum absolute atomic E-state index is 12.0. The van der Waals surface area contributed by atoms with Crippen molar-refractivity contribution in [2.75, 3.05) is 0 Å². The van der Waals surface area contributed by atoms with Crippen molar-refractivity contribution in [2.45, 2.75) is 19.9 Å². The van der Waals surface area contributed by atoms with Crippen LogP contribution < -0.4 is 5.32 Å². The van der Waals surface area contributed by atoms with Crippen LogP contribution in [0.1, 0.15) is 40.5 Å². The van der Waals surface area contributed by atoms with Crippen LogP contribution in [0.3, 0.4) is 0 Å². The van der Waals surface area contributed by atoms with Crippen LogP contribution in [-0.2, 0) is 0 Å². The van der Waals surface area contributed by atoms with E-state index in [2.05, 4.69) is 30.9 Å². The summed E-state index contributed by atoms with van der Waals surface area (Å²) < 4.78 is 0. The Morgan fingerprint density at radius 3 is 2.89 bits per heavy atom. The first-order chi connectivity index (χ1) is 9.11. The highest BCUT2D eigenvalue weighted by Crippen LogP contribution is 2.08. The van der Waals surface area contributed by atoms with Crippen LogP contribution >= 0.6 is 0 Å². The van der Waals surface area contributed by atoms with Gasteiger partial charge in [0.1, 0.15) is 11.8 Å². The molecule has 1 amide bonds. The molecule has 96 valence electrons. The molecule has 1 unspecified atom stereocenters. The molecule has 8 nitrogen and oxygen atoms in total. The number of H-pyrrole nitrogens is 1. The monoisotopic (exact) mass is 257 g/mol. The second-order valence-electron chi connectivity index (χ2n) is 3.91. The number of hydrogen-bond donors (Lipinski definition) is 2. The van der Waals surface area contributed by atoms with Crippen LogP contribution in [0.4, 0.5) is 0 Å². The minimum atomic E-state index is -0.385. The molecule has 2 aromatic rings. The lowest BCUT2D eigenvalue weighted by Gasteiger charge is -2.09. The van der Waals surface area contributed by atoms with Gasteiger partial charge in [-0.15, -0.1) is 10.2 Å². The lowest BCUT2D eigenvalue weighted by Crippen LogP contribution is -2.28. The molecule has 2 N–H and O–H groups in total. The largest absolute Gasteiger partial charge is 0.341 e. The fourth-order valence-electron chi connectivity index (χ4n) is 1.49. The molecule has 0 bridgehead atoms. The summed E-state index contributed by atoms with van der Waals surface area (Å²) in [6.07, 6.45) is 0. The van der Waals surface area contributed by atoms with Crippen molar-refractivity contribution < 1.29 is 4.79 Å². The Hall–Kier alpha value is -2.82. The van der Waals surface area contributed by atoms with E-state index in [1.165, 1.54) is 6.07 Å². The van der Waals surface area contributed by atoms with Crippen LogP contribution in [-0.4, -0.2) is 31.5 Å². The number of nitriles is 1. The van der Waals surface area contributed by atoms with E-state index in [0.29, 0.717) is 17.1 Å². The molecule has 0 spiro atoms. The van der Waals surface area contributed by atoms with Crippen LogP contribution in [0.5, 0.6) is 0 Å². The normalized spacial score (nSPS) is 11.6. The minimum absolute atomic E-state index is 0.242. The standard InChI is InChI=1S/C11H11N7O/c1-6-8(5-12)3-4-9(13-6)11(19)14-7(2)10-15-17-18-16-10/h3-4,7H,1-2H3,(H,14,19)(H,15,16,17,18). The molecule has 0 fully saturated rings. The molecule has 1 atom stereocenters. The molecule has 2 rings (SSSR count). The van der Waals surface area contributed by atoms with Crippen molar-refractivity contribution in [3.8, 4) is 6.07 Å². The number of carbonyl (C=O) groups is 1. The van der Waals surface area contributed by atoms with E-state index < -0.39 is 0 Å². The van der Waals surface area contributed by atoms with Gasteiger partial charge in [-0.2, -0.15) is 10.5 Å². The Morgan fingerprint density at radius 1 is 1.53 bits per heavy atom. The highest BCUT2D eigenvalue weighted by Gasteiger charge is 2.16. The van der Waals surface area contributed by atoms with Gasteiger partial charge in [-0.25, -0.2) is 4.98 Å². The SMILES string of the molecule is Cc1nc(C(=O)NC(C)c2nn[nH]n2)ccc1C#N. The quantitative estimate of drug-likeness (QED) is 0.813. The van der Waals surface area contributed by atoms with Crippen molar-refractivity contribution in [1.82, 2.24) is 30.9 Å². The first-order valence-electron chi connectivity index (χ1n) is 5.53. The third-order valence-electron chi connectivity index (χ3n) is 2.54. The average Bonchev–Trinajstić information content (AvgIpc) is 2.92. The summed E-state index contributed by atoms with van der Waals surface area (Å²) in [4.78, 5) is 16.0. The van der Waals surface area contributed by atoms with E-state index in [-0.39, 0.29) is 17.6 Å². The number of pyridine rings is 1. The van der Waals surface area contributed by atoms with Gasteiger partial charge in [0.15, 0.2) is 5.82 Å². The molecule has 0 aliphatic carbocycles. The van der Waals surface area contributed by atoms with Gasteiger partial charge in [-0.05, 0) is 26.0 Å². The summed E-state index contributed by atoms with van der Waals surface area (Å²) in [6.45, 7) is 3.41. The zero-order valence-corrected chi connectivity index (χ0v) is 10.4. The van der Waals surface area contributed by atoms with Gasteiger partial charge in [0, 0.05) is 0 Å². The smallest absolute Gasteiger partial charge is 0.270 e. The number of aryl methyl sites for hydroxylation is 1. The Labute approximate surface area is 108 Å². The maximum Gasteiger partial charge on any atom is 0.270 e. The minimum Gasteiger partial charge on any atom is -0.341 e. The molecule has 2 heterocycles. The van der Waals surface area contributed by atoms with Crippen LogP contribution in [0.2, 0.25) is 0 Å². The summed E-state index contributed by atoms with van der Waals surface area (Å²) in [7, 11) is 0. The Balaban J connectivity index is 2.12. The van der Waals surface area contributed by atoms with Gasteiger partial charge in [0.25, 0.3) is 5.91 Å². The van der Waals surface area contributed by atoms with Crippen molar-refractivity contribution in [3.05, 3.63) is 34.9 Å². The van der Waals surface area contributed by atoms with Crippen molar-refractivity contribution in [1.29, 1.82) is 5.26 Å². The first kappa shape index (κ1) is 12.6. The molecule has 0 aromatic carbocycles. The zero-order valence-electron chi connectivity index (χ0n) is 10.4. The number of hydrogen-bond acceptors (Lipinski definition) is 6. The third-order valence-corrected chi connectivity index (χ3v) is 2.54. The number of carbonyl (C=O) groups excluding carboxylic acids is 1. The highest BCUT2D eigenvalue weighted by atomic mass is 16.1. The van der Waals surface area contributed by atoms with E-state index in [0.717, 1.165) is 0 Å². The number of nitrogens with one attached hydrogen (secondary N) is 2. The maximum atomic E-state index is 12.0. The lowest BCUT2D eigenvalue weighted by atomic mass is 10.2. The zero-order chi connectivity index (χ0) is 13.8. The van der Waals surface area contributed by atoms with E-state index >= 15 is 0 Å². The van der Waals surface area contributed by atoms with Gasteiger partial charge in [-0.1, -0.05) is 5.21 Å². The predicted octanol–water partition coefficient (Wildman–Crippen LogP) is 0.266. The summed E-state index contributed by atoms with van der Waals surface area (Å²) in [5.41, 5.74) is 1.21. The predicted molar refractivity (Wildman–Crippen MR) is 63.7 cm³/mol. The van der Waals surface area contributed by atoms with E-state index in [4.69, 9.17) is 5.26 Å². The van der Waals surface area contributed by atoms with E-state index in [1.807, 2.05) is 6.07 Å². The summed E-state index contributed by atoms with van der Waals surface area (Å²) >= 11 is 0. The fraction of sp³-hybridized carbons (Fsp3) is 0.273. The molecule has 0 aliphatic rings. The Kier molecular flexibility index (Phi) is 3.47. The topological polar surface area (TPSA) is 120 Å². The van der Waals surface area contributed by atoms with Gasteiger partial charge in [0.05, 0.1) is 17.3 Å². The average molecular weight is 257 g/mol. The number of rotatable bonds is 3. The van der Waals surface area contributed by atoms with Gasteiger partial charge in [0.2, 0.25) is 0 Å². The van der Waals surface area contributed by atoms with Crippen molar-refractivity contribution >= 4 is 5.91 Å². The van der Waals surface area contributed by atoms with Crippen molar-refractivity contribution in [3.63, 3.8) is 0 Å². The second kappa shape index (κ2) is 5.22. The fourth-order valence-corrected chi connectivity index (χ4v) is 1.49. The number of nitrogens with zero attached hydrogens (tertiary/aromatic N) is 5. The molecule has 2 aromatic heterocycles. The van der Waals surface area contributed by atoms with Crippen molar-refractivity contribution in [2.24, 2.45) is 0 Å². The third kappa shape index (κ3) is 2.71. The molecule has 0 radical (unpaired) electrons. The second-order valence-corrected chi connectivity index (χ2v) is 3.91. The molecular weight excluding hydrogens is 246 g/mol. The molecular formula is C11H11N7O. The van der Waals surface area contributed by atoms with Crippen LogP contribution in [0.15, 0.2) is 12.1 Å². The van der Waals surface area contributed by atoms with Crippen LogP contribution in [0, 0.1) is 18.3 Å². The lowest BCUT2D eigenvalue weighted by molar-refractivity contribution is 0.0933.